The van der Waals surface area contributed by atoms with E-state index >= 15 is 0 Å². The normalized spacial score (nSPS) is 14.1. The molecule has 1 fully saturated rings. The van der Waals surface area contributed by atoms with Crippen LogP contribution in [0.3, 0.4) is 0 Å². The van der Waals surface area contributed by atoms with E-state index in [1.54, 1.807) is 18.2 Å². The van der Waals surface area contributed by atoms with Crippen LogP contribution in [0.1, 0.15) is 16.1 Å². The summed E-state index contributed by atoms with van der Waals surface area (Å²) in [6, 6.07) is 19.5. The first-order chi connectivity index (χ1) is 17.2. The van der Waals surface area contributed by atoms with Crippen LogP contribution in [0.25, 0.3) is 11.3 Å². The number of piperazine rings is 1. The predicted octanol–water partition coefficient (Wildman–Crippen LogP) is 4.49. The number of halogens is 1. The van der Waals surface area contributed by atoms with Crippen LogP contribution < -0.4 is 10.2 Å². The highest BCUT2D eigenvalue weighted by molar-refractivity contribution is 6.05. The number of rotatable bonds is 7. The van der Waals surface area contributed by atoms with Gasteiger partial charge in [0, 0.05) is 51.2 Å². The molecule has 8 heteroatoms. The van der Waals surface area contributed by atoms with Gasteiger partial charge in [0.25, 0.3) is 5.91 Å². The van der Waals surface area contributed by atoms with Crippen LogP contribution in [0.5, 0.6) is 0 Å². The highest BCUT2D eigenvalue weighted by Gasteiger charge is 2.21. The number of carbonyl (C=O) groups is 1. The Kier molecular flexibility index (Phi) is 6.81. The summed E-state index contributed by atoms with van der Waals surface area (Å²) in [7, 11) is 0. The summed E-state index contributed by atoms with van der Waals surface area (Å²) in [6.07, 6.45) is 4.67. The maximum Gasteiger partial charge on any atom is 0.277 e. The van der Waals surface area contributed by atoms with Crippen LogP contribution >= 0.6 is 0 Å². The smallest absolute Gasteiger partial charge is 0.277 e. The summed E-state index contributed by atoms with van der Waals surface area (Å²) < 4.78 is 19.3. The molecule has 0 bridgehead atoms. The molecule has 0 spiro atoms. The largest absolute Gasteiger partial charge is 0.367 e. The van der Waals surface area contributed by atoms with E-state index in [0.717, 1.165) is 44.8 Å². The van der Waals surface area contributed by atoms with Gasteiger partial charge in [-0.25, -0.2) is 4.39 Å². The molecule has 0 radical (unpaired) electrons. The van der Waals surface area contributed by atoms with Crippen molar-refractivity contribution in [1.82, 2.24) is 15.0 Å². The summed E-state index contributed by atoms with van der Waals surface area (Å²) in [5.41, 5.74) is 3.33. The van der Waals surface area contributed by atoms with E-state index < -0.39 is 11.7 Å². The third-order valence-corrected chi connectivity index (χ3v) is 6.21. The van der Waals surface area contributed by atoms with Crippen LogP contribution in [-0.2, 0) is 6.42 Å². The van der Waals surface area contributed by atoms with E-state index in [2.05, 4.69) is 37.4 Å². The Balaban J connectivity index is 1.21. The summed E-state index contributed by atoms with van der Waals surface area (Å²) >= 11 is 0. The fourth-order valence-corrected chi connectivity index (χ4v) is 4.26. The lowest BCUT2D eigenvalue weighted by Crippen LogP contribution is -2.47. The third kappa shape index (κ3) is 5.38. The summed E-state index contributed by atoms with van der Waals surface area (Å²) in [5, 5.41) is 6.79. The maximum absolute atomic E-state index is 14.1. The molecule has 1 amide bonds. The number of amides is 1. The van der Waals surface area contributed by atoms with Gasteiger partial charge in [0.05, 0.1) is 16.9 Å². The quantitative estimate of drug-likeness (QED) is 0.428. The molecule has 1 aliphatic rings. The van der Waals surface area contributed by atoms with Gasteiger partial charge >= 0.3 is 0 Å². The molecule has 0 unspecified atom stereocenters. The lowest BCUT2D eigenvalue weighted by Gasteiger charge is -2.37. The molecule has 5 rings (SSSR count). The second kappa shape index (κ2) is 10.5. The molecule has 7 nitrogen and oxygen atoms in total. The number of hydrogen-bond donors (Lipinski definition) is 1. The van der Waals surface area contributed by atoms with Crippen LogP contribution in [-0.4, -0.2) is 53.7 Å². The number of aromatic nitrogens is 2. The van der Waals surface area contributed by atoms with Crippen LogP contribution in [0, 0.1) is 5.82 Å². The van der Waals surface area contributed by atoms with Crippen molar-refractivity contribution >= 4 is 17.3 Å². The van der Waals surface area contributed by atoms with Crippen LogP contribution in [0.2, 0.25) is 0 Å². The van der Waals surface area contributed by atoms with Crippen molar-refractivity contribution in [2.45, 2.75) is 6.42 Å². The second-order valence-electron chi connectivity index (χ2n) is 8.46. The van der Waals surface area contributed by atoms with Gasteiger partial charge in [0.2, 0.25) is 0 Å². The molecule has 0 aliphatic carbocycles. The molecule has 0 saturated carbocycles. The van der Waals surface area contributed by atoms with Crippen molar-refractivity contribution in [2.75, 3.05) is 42.9 Å². The summed E-state index contributed by atoms with van der Waals surface area (Å²) in [6.45, 7) is 4.63. The van der Waals surface area contributed by atoms with Gasteiger partial charge < -0.3 is 14.7 Å². The van der Waals surface area contributed by atoms with E-state index in [9.17, 15) is 9.18 Å². The summed E-state index contributed by atoms with van der Waals surface area (Å²) in [5.74, 6) is -0.620. The van der Waals surface area contributed by atoms with Crippen molar-refractivity contribution in [2.24, 2.45) is 0 Å². The second-order valence-corrected chi connectivity index (χ2v) is 8.46. The number of nitrogens with zero attached hydrogens (tertiary/aromatic N) is 4. The van der Waals surface area contributed by atoms with Crippen molar-refractivity contribution in [1.29, 1.82) is 0 Å². The molecule has 3 heterocycles. The molecule has 35 heavy (non-hydrogen) atoms. The fraction of sp³-hybridized carbons (Fsp3) is 0.222. The molecule has 1 aliphatic heterocycles. The van der Waals surface area contributed by atoms with E-state index in [4.69, 9.17) is 4.52 Å². The Morgan fingerprint density at radius 1 is 0.971 bits per heavy atom. The SMILES string of the molecule is O=C(Nc1ccccc1N1CCN(CCc2ccncc2)CC1)c1cc(-c2ccccc2F)on1. The average molecular weight is 472 g/mol. The first-order valence-electron chi connectivity index (χ1n) is 11.7. The van der Waals surface area contributed by atoms with E-state index in [-0.39, 0.29) is 17.0 Å². The zero-order valence-corrected chi connectivity index (χ0v) is 19.2. The van der Waals surface area contributed by atoms with E-state index in [0.29, 0.717) is 5.69 Å². The lowest BCUT2D eigenvalue weighted by atomic mass is 10.1. The van der Waals surface area contributed by atoms with Gasteiger partial charge in [0.15, 0.2) is 11.5 Å². The van der Waals surface area contributed by atoms with Gasteiger partial charge in [-0.1, -0.05) is 29.4 Å². The molecule has 1 N–H and O–H groups in total. The van der Waals surface area contributed by atoms with Gasteiger partial charge in [0.1, 0.15) is 5.82 Å². The maximum atomic E-state index is 14.1. The van der Waals surface area contributed by atoms with E-state index in [1.807, 2.05) is 36.7 Å². The molecule has 2 aromatic carbocycles. The first-order valence-corrected chi connectivity index (χ1v) is 11.7. The Hall–Kier alpha value is -4.04. The molecular formula is C27H26FN5O2. The Morgan fingerprint density at radius 2 is 1.71 bits per heavy atom. The molecule has 0 atom stereocenters. The Morgan fingerprint density at radius 3 is 2.51 bits per heavy atom. The molecule has 4 aromatic rings. The minimum Gasteiger partial charge on any atom is -0.367 e. The predicted molar refractivity (Wildman–Crippen MR) is 133 cm³/mol. The van der Waals surface area contributed by atoms with Gasteiger partial charge in [-0.15, -0.1) is 0 Å². The van der Waals surface area contributed by atoms with E-state index in [1.165, 1.54) is 17.7 Å². The number of pyridine rings is 1. The molecule has 178 valence electrons. The number of benzene rings is 2. The lowest BCUT2D eigenvalue weighted by molar-refractivity contribution is 0.101. The Labute approximate surface area is 203 Å². The zero-order chi connectivity index (χ0) is 24.0. The zero-order valence-electron chi connectivity index (χ0n) is 19.2. The Bertz CT molecular complexity index is 1290. The minimum absolute atomic E-state index is 0.0963. The standard InChI is InChI=1S/C27H26FN5O2/c28-22-6-2-1-5-21(22)26-19-24(31-35-26)27(34)30-23-7-3-4-8-25(23)33-17-15-32(16-18-33)14-11-20-9-12-29-13-10-20/h1-10,12-13,19H,11,14-18H2,(H,30,34). The number of nitrogens with one attached hydrogen (secondary N) is 1. The summed E-state index contributed by atoms with van der Waals surface area (Å²) in [4.78, 5) is 21.7. The molecular weight excluding hydrogens is 445 g/mol. The number of para-hydroxylation sites is 2. The molecule has 2 aromatic heterocycles. The number of hydrogen-bond acceptors (Lipinski definition) is 6. The fourth-order valence-electron chi connectivity index (χ4n) is 4.26. The van der Waals surface area contributed by atoms with Gasteiger partial charge in [-0.05, 0) is 48.4 Å². The highest BCUT2D eigenvalue weighted by atomic mass is 19.1. The van der Waals surface area contributed by atoms with Gasteiger partial charge in [-0.3, -0.25) is 14.7 Å². The van der Waals surface area contributed by atoms with Crippen LogP contribution in [0.4, 0.5) is 15.8 Å². The van der Waals surface area contributed by atoms with Crippen molar-refractivity contribution in [3.63, 3.8) is 0 Å². The van der Waals surface area contributed by atoms with Crippen molar-refractivity contribution < 1.29 is 13.7 Å². The molecule has 1 saturated heterocycles. The number of carbonyl (C=O) groups excluding carboxylic acids is 1. The number of anilines is 2. The van der Waals surface area contributed by atoms with Gasteiger partial charge in [-0.2, -0.15) is 0 Å². The topological polar surface area (TPSA) is 74.5 Å². The van der Waals surface area contributed by atoms with Crippen LogP contribution in [0.15, 0.2) is 83.6 Å². The van der Waals surface area contributed by atoms with Crippen molar-refractivity contribution in [3.05, 3.63) is 96.2 Å². The minimum atomic E-state index is -0.430. The first kappa shape index (κ1) is 22.7. The highest BCUT2D eigenvalue weighted by Crippen LogP contribution is 2.28. The average Bonchev–Trinajstić information content (AvgIpc) is 3.39. The third-order valence-electron chi connectivity index (χ3n) is 6.21. The van der Waals surface area contributed by atoms with Crippen molar-refractivity contribution in [3.8, 4) is 11.3 Å². The monoisotopic (exact) mass is 471 g/mol.